The minimum Gasteiger partial charge on any atom is -0.492 e. The Morgan fingerprint density at radius 3 is 2.47 bits per heavy atom. The largest absolute Gasteiger partial charge is 0.492 e. The van der Waals surface area contributed by atoms with Gasteiger partial charge >= 0.3 is 0 Å². The number of methoxy groups -OCH3 is 2. The second-order valence-corrected chi connectivity index (χ2v) is 2.83. The molecule has 0 aliphatic rings. The number of benzene rings is 1. The molecular formula is C10H13NO4. The molecule has 0 heterocycles. The molecule has 5 nitrogen and oxygen atoms in total. The molecule has 0 unspecified atom stereocenters. The molecule has 0 atom stereocenters. The van der Waals surface area contributed by atoms with E-state index in [1.807, 2.05) is 5.48 Å². The summed E-state index contributed by atoms with van der Waals surface area (Å²) in [5.74, 6) is 0.823. The Hall–Kier alpha value is -1.59. The van der Waals surface area contributed by atoms with Crippen LogP contribution in [0.15, 0.2) is 12.1 Å². The summed E-state index contributed by atoms with van der Waals surface area (Å²) in [6.07, 6.45) is 0.692. The fourth-order valence-corrected chi connectivity index (χ4v) is 1.37. The number of ether oxygens (including phenoxy) is 2. The smallest absolute Gasteiger partial charge is 0.171 e. The standard InChI is InChI=1S/C10H13NO4/c1-14-9-7(5-11-13)3-4-8(6-12)10(9)15-2/h3-4,6,11,13H,5H2,1-2H3. The first-order chi connectivity index (χ1) is 7.28. The van der Waals surface area contributed by atoms with Crippen molar-refractivity contribution in [2.45, 2.75) is 6.54 Å². The Balaban J connectivity index is 3.27. The highest BCUT2D eigenvalue weighted by atomic mass is 16.5. The van der Waals surface area contributed by atoms with Crippen molar-refractivity contribution in [3.05, 3.63) is 23.3 Å². The van der Waals surface area contributed by atoms with Crippen LogP contribution in [0.3, 0.4) is 0 Å². The SMILES string of the molecule is COc1c(C=O)ccc(CNO)c1OC. The highest BCUT2D eigenvalue weighted by molar-refractivity contribution is 5.81. The molecule has 2 N–H and O–H groups in total. The van der Waals surface area contributed by atoms with Crippen molar-refractivity contribution in [3.8, 4) is 11.5 Å². The monoisotopic (exact) mass is 211 g/mol. The first-order valence-corrected chi connectivity index (χ1v) is 4.34. The number of carbonyl (C=O) groups is 1. The molecule has 0 spiro atoms. The number of rotatable bonds is 5. The van der Waals surface area contributed by atoms with Gasteiger partial charge in [-0.1, -0.05) is 6.07 Å². The van der Waals surface area contributed by atoms with Gasteiger partial charge in [0.2, 0.25) is 0 Å². The van der Waals surface area contributed by atoms with E-state index in [0.29, 0.717) is 28.9 Å². The molecule has 0 fully saturated rings. The molecule has 1 rings (SSSR count). The average molecular weight is 211 g/mol. The molecule has 15 heavy (non-hydrogen) atoms. The van der Waals surface area contributed by atoms with Gasteiger partial charge in [0.05, 0.1) is 19.8 Å². The number of aldehydes is 1. The minimum absolute atomic E-state index is 0.221. The van der Waals surface area contributed by atoms with Crippen LogP contribution < -0.4 is 15.0 Å². The summed E-state index contributed by atoms with van der Waals surface area (Å²) < 4.78 is 10.2. The highest BCUT2D eigenvalue weighted by Gasteiger charge is 2.13. The van der Waals surface area contributed by atoms with Gasteiger partial charge in [-0.15, -0.1) is 0 Å². The summed E-state index contributed by atoms with van der Waals surface area (Å²) in [6, 6.07) is 3.30. The number of hydrogen-bond acceptors (Lipinski definition) is 5. The van der Waals surface area contributed by atoms with Crippen LogP contribution in [-0.4, -0.2) is 25.7 Å². The number of hydrogen-bond donors (Lipinski definition) is 2. The van der Waals surface area contributed by atoms with E-state index in [-0.39, 0.29) is 6.54 Å². The van der Waals surface area contributed by atoms with E-state index >= 15 is 0 Å². The summed E-state index contributed by atoms with van der Waals surface area (Å²) in [7, 11) is 2.94. The molecule has 0 aliphatic heterocycles. The molecule has 82 valence electrons. The lowest BCUT2D eigenvalue weighted by atomic mass is 10.1. The van der Waals surface area contributed by atoms with Crippen molar-refractivity contribution < 1.29 is 19.5 Å². The Bertz CT molecular complexity index is 352. The highest BCUT2D eigenvalue weighted by Crippen LogP contribution is 2.33. The maximum atomic E-state index is 10.7. The number of hydroxylamine groups is 1. The third-order valence-corrected chi connectivity index (χ3v) is 2.03. The van der Waals surface area contributed by atoms with Gasteiger partial charge in [0.15, 0.2) is 17.8 Å². The Morgan fingerprint density at radius 1 is 1.33 bits per heavy atom. The predicted octanol–water partition coefficient (Wildman–Crippen LogP) is 0.995. The molecule has 0 saturated heterocycles. The zero-order valence-electron chi connectivity index (χ0n) is 8.61. The van der Waals surface area contributed by atoms with Gasteiger partial charge in [-0.2, -0.15) is 0 Å². The van der Waals surface area contributed by atoms with Crippen molar-refractivity contribution in [1.82, 2.24) is 5.48 Å². The Labute approximate surface area is 87.6 Å². The van der Waals surface area contributed by atoms with Crippen molar-refractivity contribution >= 4 is 6.29 Å². The van der Waals surface area contributed by atoms with Crippen LogP contribution in [0.25, 0.3) is 0 Å². The second-order valence-electron chi connectivity index (χ2n) is 2.83. The van der Waals surface area contributed by atoms with E-state index in [2.05, 4.69) is 0 Å². The summed E-state index contributed by atoms with van der Waals surface area (Å²) >= 11 is 0. The Morgan fingerprint density at radius 2 is 2.00 bits per heavy atom. The van der Waals surface area contributed by atoms with Crippen LogP contribution in [0, 0.1) is 0 Å². The zero-order chi connectivity index (χ0) is 11.3. The van der Waals surface area contributed by atoms with E-state index in [4.69, 9.17) is 14.7 Å². The Kier molecular flexibility index (Phi) is 4.08. The van der Waals surface area contributed by atoms with Crippen LogP contribution in [0.2, 0.25) is 0 Å². The van der Waals surface area contributed by atoms with Gasteiger partial charge in [0, 0.05) is 12.1 Å². The van der Waals surface area contributed by atoms with Gasteiger partial charge in [0.1, 0.15) is 0 Å². The first kappa shape index (κ1) is 11.5. The molecule has 0 bridgehead atoms. The van der Waals surface area contributed by atoms with E-state index in [9.17, 15) is 4.79 Å². The van der Waals surface area contributed by atoms with Crippen molar-refractivity contribution in [2.75, 3.05) is 14.2 Å². The first-order valence-electron chi connectivity index (χ1n) is 4.34. The quantitative estimate of drug-likeness (QED) is 0.561. The van der Waals surface area contributed by atoms with Crippen LogP contribution in [0.1, 0.15) is 15.9 Å². The third kappa shape index (κ3) is 2.26. The van der Waals surface area contributed by atoms with E-state index in [0.717, 1.165) is 0 Å². The fraction of sp³-hybridized carbons (Fsp3) is 0.300. The van der Waals surface area contributed by atoms with Crippen LogP contribution in [-0.2, 0) is 6.54 Å². The van der Waals surface area contributed by atoms with Gasteiger partial charge in [-0.05, 0) is 6.07 Å². The average Bonchev–Trinajstić information content (AvgIpc) is 2.28. The molecule has 0 saturated carbocycles. The second kappa shape index (κ2) is 5.33. The van der Waals surface area contributed by atoms with Crippen LogP contribution >= 0.6 is 0 Å². The number of carbonyl (C=O) groups excluding carboxylic acids is 1. The molecule has 0 amide bonds. The lowest BCUT2D eigenvalue weighted by molar-refractivity contribution is 0.112. The van der Waals surface area contributed by atoms with Gasteiger partial charge < -0.3 is 14.7 Å². The van der Waals surface area contributed by atoms with Gasteiger partial charge in [-0.3, -0.25) is 4.79 Å². The molecule has 1 aromatic carbocycles. The zero-order valence-corrected chi connectivity index (χ0v) is 8.61. The van der Waals surface area contributed by atoms with Gasteiger partial charge in [0.25, 0.3) is 0 Å². The lowest BCUT2D eigenvalue weighted by Gasteiger charge is -2.13. The summed E-state index contributed by atoms with van der Waals surface area (Å²) in [6.45, 7) is 0.221. The summed E-state index contributed by atoms with van der Waals surface area (Å²) in [4.78, 5) is 10.7. The topological polar surface area (TPSA) is 67.8 Å². The normalized spacial score (nSPS) is 9.80. The van der Waals surface area contributed by atoms with Gasteiger partial charge in [-0.25, -0.2) is 5.48 Å². The van der Waals surface area contributed by atoms with E-state index in [1.54, 1.807) is 12.1 Å². The van der Waals surface area contributed by atoms with Crippen LogP contribution in [0.4, 0.5) is 0 Å². The summed E-state index contributed by atoms with van der Waals surface area (Å²) in [5.41, 5.74) is 3.15. The van der Waals surface area contributed by atoms with E-state index < -0.39 is 0 Å². The number of nitrogens with one attached hydrogen (secondary N) is 1. The van der Waals surface area contributed by atoms with Crippen molar-refractivity contribution in [2.24, 2.45) is 0 Å². The fourth-order valence-electron chi connectivity index (χ4n) is 1.37. The molecule has 5 heteroatoms. The van der Waals surface area contributed by atoms with Crippen molar-refractivity contribution in [1.29, 1.82) is 0 Å². The molecule has 0 aromatic heterocycles. The molecule has 0 aliphatic carbocycles. The maximum absolute atomic E-state index is 10.7. The van der Waals surface area contributed by atoms with E-state index in [1.165, 1.54) is 14.2 Å². The van der Waals surface area contributed by atoms with Crippen molar-refractivity contribution in [3.63, 3.8) is 0 Å². The third-order valence-electron chi connectivity index (χ3n) is 2.03. The molecule has 1 aromatic rings. The lowest BCUT2D eigenvalue weighted by Crippen LogP contribution is -2.08. The summed E-state index contributed by atoms with van der Waals surface area (Å²) in [5, 5.41) is 8.61. The van der Waals surface area contributed by atoms with Crippen LogP contribution in [0.5, 0.6) is 11.5 Å². The predicted molar refractivity (Wildman–Crippen MR) is 53.6 cm³/mol. The molecule has 0 radical (unpaired) electrons. The maximum Gasteiger partial charge on any atom is 0.171 e. The minimum atomic E-state index is 0.221. The molecular weight excluding hydrogens is 198 g/mol.